The molecule has 3 heteroatoms. The van der Waals surface area contributed by atoms with Crippen LogP contribution in [-0.2, 0) is 0 Å². The van der Waals surface area contributed by atoms with Gasteiger partial charge < -0.3 is 16.6 Å². The number of hydrogen-bond acceptors (Lipinski definition) is 3. The summed E-state index contributed by atoms with van der Waals surface area (Å²) in [6.07, 6.45) is -0.440. The molecule has 2 atom stereocenters. The zero-order valence-electron chi connectivity index (χ0n) is 6.85. The SMILES string of the molecule is NC(O)CC(N)c1ccccc1. The highest BCUT2D eigenvalue weighted by atomic mass is 16.3. The molecule has 1 aromatic rings. The van der Waals surface area contributed by atoms with Gasteiger partial charge >= 0.3 is 0 Å². The summed E-state index contributed by atoms with van der Waals surface area (Å²) in [5.41, 5.74) is 12.0. The van der Waals surface area contributed by atoms with Crippen LogP contribution in [0.25, 0.3) is 0 Å². The first-order valence-electron chi connectivity index (χ1n) is 3.94. The molecule has 0 aliphatic heterocycles. The Hall–Kier alpha value is -0.900. The van der Waals surface area contributed by atoms with Crippen LogP contribution in [0, 0.1) is 0 Å². The van der Waals surface area contributed by atoms with Gasteiger partial charge in [-0.25, -0.2) is 0 Å². The van der Waals surface area contributed by atoms with E-state index < -0.39 is 6.23 Å². The minimum Gasteiger partial charge on any atom is -0.379 e. The maximum absolute atomic E-state index is 8.88. The average molecular weight is 166 g/mol. The van der Waals surface area contributed by atoms with E-state index in [9.17, 15) is 0 Å². The highest BCUT2D eigenvalue weighted by Crippen LogP contribution is 2.13. The summed E-state index contributed by atoms with van der Waals surface area (Å²) in [5, 5.41) is 8.88. The normalized spacial score (nSPS) is 15.6. The van der Waals surface area contributed by atoms with Crippen molar-refractivity contribution in [2.45, 2.75) is 18.7 Å². The molecular formula is C9H14N2O. The second-order valence-electron chi connectivity index (χ2n) is 2.82. The van der Waals surface area contributed by atoms with E-state index in [0.717, 1.165) is 5.56 Å². The Morgan fingerprint density at radius 1 is 1.17 bits per heavy atom. The quantitative estimate of drug-likeness (QED) is 0.567. The summed E-state index contributed by atoms with van der Waals surface area (Å²) in [7, 11) is 0. The van der Waals surface area contributed by atoms with Crippen LogP contribution in [0.2, 0.25) is 0 Å². The van der Waals surface area contributed by atoms with Gasteiger partial charge in [-0.3, -0.25) is 0 Å². The zero-order chi connectivity index (χ0) is 8.97. The summed E-state index contributed by atoms with van der Waals surface area (Å²) in [6, 6.07) is 9.43. The molecule has 0 aliphatic carbocycles. The van der Waals surface area contributed by atoms with Crippen LogP contribution >= 0.6 is 0 Å². The van der Waals surface area contributed by atoms with Crippen LogP contribution < -0.4 is 11.5 Å². The van der Waals surface area contributed by atoms with Gasteiger partial charge in [-0.1, -0.05) is 30.3 Å². The van der Waals surface area contributed by atoms with Crippen molar-refractivity contribution in [1.82, 2.24) is 0 Å². The van der Waals surface area contributed by atoms with E-state index in [1.165, 1.54) is 0 Å². The third kappa shape index (κ3) is 2.62. The van der Waals surface area contributed by atoms with Crippen molar-refractivity contribution in [2.24, 2.45) is 11.5 Å². The summed E-state index contributed by atoms with van der Waals surface area (Å²) in [4.78, 5) is 0. The third-order valence-corrected chi connectivity index (χ3v) is 1.72. The van der Waals surface area contributed by atoms with E-state index in [2.05, 4.69) is 0 Å². The summed E-state index contributed by atoms with van der Waals surface area (Å²) < 4.78 is 0. The molecule has 0 amide bonds. The van der Waals surface area contributed by atoms with Crippen LogP contribution in [0.1, 0.15) is 18.0 Å². The molecule has 3 nitrogen and oxygen atoms in total. The molecule has 66 valence electrons. The van der Waals surface area contributed by atoms with Crippen molar-refractivity contribution in [3.8, 4) is 0 Å². The number of rotatable bonds is 3. The smallest absolute Gasteiger partial charge is 0.104 e. The van der Waals surface area contributed by atoms with Gasteiger partial charge in [-0.05, 0) is 5.56 Å². The molecule has 0 saturated heterocycles. The minimum absolute atomic E-state index is 0.175. The molecule has 0 spiro atoms. The lowest BCUT2D eigenvalue weighted by Gasteiger charge is -2.13. The Balaban J connectivity index is 2.59. The molecule has 2 unspecified atom stereocenters. The number of aliphatic hydroxyl groups is 1. The van der Waals surface area contributed by atoms with Gasteiger partial charge in [0.2, 0.25) is 0 Å². The topological polar surface area (TPSA) is 72.3 Å². The van der Waals surface area contributed by atoms with Crippen LogP contribution in [0.4, 0.5) is 0 Å². The van der Waals surface area contributed by atoms with Gasteiger partial charge in [0, 0.05) is 12.5 Å². The zero-order valence-corrected chi connectivity index (χ0v) is 6.85. The predicted molar refractivity (Wildman–Crippen MR) is 48.2 cm³/mol. The van der Waals surface area contributed by atoms with Crippen LogP contribution in [-0.4, -0.2) is 11.3 Å². The van der Waals surface area contributed by atoms with Gasteiger partial charge in [-0.15, -0.1) is 0 Å². The molecule has 12 heavy (non-hydrogen) atoms. The molecule has 0 heterocycles. The van der Waals surface area contributed by atoms with Crippen molar-refractivity contribution in [3.05, 3.63) is 35.9 Å². The van der Waals surface area contributed by atoms with Gasteiger partial charge in [0.25, 0.3) is 0 Å². The Labute approximate surface area is 72.0 Å². The second kappa shape index (κ2) is 4.21. The first-order chi connectivity index (χ1) is 5.70. The van der Waals surface area contributed by atoms with E-state index in [4.69, 9.17) is 16.6 Å². The lowest BCUT2D eigenvalue weighted by molar-refractivity contribution is 0.163. The molecule has 0 bridgehead atoms. The van der Waals surface area contributed by atoms with Crippen LogP contribution in [0.5, 0.6) is 0 Å². The number of aliphatic hydroxyl groups excluding tert-OH is 1. The summed E-state index contributed by atoms with van der Waals surface area (Å²) in [5.74, 6) is 0. The van der Waals surface area contributed by atoms with Gasteiger partial charge in [0.15, 0.2) is 0 Å². The number of benzene rings is 1. The maximum Gasteiger partial charge on any atom is 0.104 e. The van der Waals surface area contributed by atoms with Gasteiger partial charge in [0.05, 0.1) is 0 Å². The fraction of sp³-hybridized carbons (Fsp3) is 0.333. The Bertz CT molecular complexity index is 223. The van der Waals surface area contributed by atoms with Crippen molar-refractivity contribution in [2.75, 3.05) is 0 Å². The van der Waals surface area contributed by atoms with Crippen LogP contribution in [0.15, 0.2) is 30.3 Å². The molecule has 1 aromatic carbocycles. The van der Waals surface area contributed by atoms with E-state index in [1.807, 2.05) is 30.3 Å². The lowest BCUT2D eigenvalue weighted by Crippen LogP contribution is -2.25. The Kier molecular flexibility index (Phi) is 3.22. The van der Waals surface area contributed by atoms with E-state index in [1.54, 1.807) is 0 Å². The minimum atomic E-state index is -0.833. The summed E-state index contributed by atoms with van der Waals surface area (Å²) in [6.45, 7) is 0. The lowest BCUT2D eigenvalue weighted by atomic mass is 10.0. The Morgan fingerprint density at radius 3 is 2.25 bits per heavy atom. The standard InChI is InChI=1S/C9H14N2O/c10-8(6-9(11)12)7-4-2-1-3-5-7/h1-5,8-9,12H,6,10-11H2. The molecule has 0 fully saturated rings. The highest BCUT2D eigenvalue weighted by Gasteiger charge is 2.07. The summed E-state index contributed by atoms with van der Waals surface area (Å²) >= 11 is 0. The maximum atomic E-state index is 8.88. The monoisotopic (exact) mass is 166 g/mol. The largest absolute Gasteiger partial charge is 0.379 e. The second-order valence-corrected chi connectivity index (χ2v) is 2.82. The fourth-order valence-corrected chi connectivity index (χ4v) is 1.10. The molecule has 0 aliphatic rings. The molecule has 1 rings (SSSR count). The highest BCUT2D eigenvalue weighted by molar-refractivity contribution is 5.18. The van der Waals surface area contributed by atoms with Crippen molar-refractivity contribution < 1.29 is 5.11 Å². The van der Waals surface area contributed by atoms with Crippen LogP contribution in [0.3, 0.4) is 0 Å². The molecule has 5 N–H and O–H groups in total. The molecule has 0 aromatic heterocycles. The molecule has 0 radical (unpaired) electrons. The average Bonchev–Trinajstić information content (AvgIpc) is 2.05. The van der Waals surface area contributed by atoms with E-state index in [0.29, 0.717) is 6.42 Å². The Morgan fingerprint density at radius 2 is 1.75 bits per heavy atom. The van der Waals surface area contributed by atoms with Gasteiger partial charge in [0.1, 0.15) is 6.23 Å². The van der Waals surface area contributed by atoms with E-state index >= 15 is 0 Å². The van der Waals surface area contributed by atoms with Crippen molar-refractivity contribution >= 4 is 0 Å². The predicted octanol–water partition coefficient (Wildman–Crippen LogP) is 0.354. The first kappa shape index (κ1) is 9.19. The van der Waals surface area contributed by atoms with E-state index in [-0.39, 0.29) is 6.04 Å². The van der Waals surface area contributed by atoms with Crippen molar-refractivity contribution in [3.63, 3.8) is 0 Å². The van der Waals surface area contributed by atoms with Gasteiger partial charge in [-0.2, -0.15) is 0 Å². The van der Waals surface area contributed by atoms with Crippen molar-refractivity contribution in [1.29, 1.82) is 0 Å². The number of nitrogens with two attached hydrogens (primary N) is 2. The molecular weight excluding hydrogens is 152 g/mol. The number of hydrogen-bond donors (Lipinski definition) is 3. The first-order valence-corrected chi connectivity index (χ1v) is 3.94. The third-order valence-electron chi connectivity index (χ3n) is 1.72. The fourth-order valence-electron chi connectivity index (χ4n) is 1.10. The molecule has 0 saturated carbocycles.